The quantitative estimate of drug-likeness (QED) is 0.250. The Balaban J connectivity index is 2.36. The Kier molecular flexibility index (Phi) is 5.21. The maximum absolute atomic E-state index is 12.0. The van der Waals surface area contributed by atoms with Crippen LogP contribution in [0.25, 0.3) is 0 Å². The topological polar surface area (TPSA) is 26.3 Å². The van der Waals surface area contributed by atoms with Crippen molar-refractivity contribution < 1.29 is 9.53 Å². The SMILES string of the molecule is O=C(Oc1c(Cl)cc(Cl)c(Cl)c1Cl)c1cccc(Br)c1. The largest absolute Gasteiger partial charge is 0.420 e. The van der Waals surface area contributed by atoms with Gasteiger partial charge in [0.05, 0.1) is 20.6 Å². The van der Waals surface area contributed by atoms with E-state index < -0.39 is 5.97 Å². The first-order valence-corrected chi connectivity index (χ1v) is 7.51. The number of carbonyl (C=O) groups is 1. The van der Waals surface area contributed by atoms with Crippen LogP contribution in [0.4, 0.5) is 0 Å². The van der Waals surface area contributed by atoms with Gasteiger partial charge < -0.3 is 4.74 Å². The van der Waals surface area contributed by atoms with Crippen LogP contribution in [0.3, 0.4) is 0 Å². The van der Waals surface area contributed by atoms with E-state index in [1.54, 1.807) is 24.3 Å². The van der Waals surface area contributed by atoms with Crippen molar-refractivity contribution in [1.82, 2.24) is 0 Å². The predicted molar refractivity (Wildman–Crippen MR) is 85.6 cm³/mol. The first kappa shape index (κ1) is 15.9. The van der Waals surface area contributed by atoms with Gasteiger partial charge in [0, 0.05) is 4.47 Å². The molecule has 0 aliphatic carbocycles. The minimum absolute atomic E-state index is 0.00693. The van der Waals surface area contributed by atoms with Crippen LogP contribution in [-0.2, 0) is 0 Å². The molecular formula is C13H5BrCl4O2. The van der Waals surface area contributed by atoms with Crippen LogP contribution in [0.5, 0.6) is 5.75 Å². The fraction of sp³-hybridized carbons (Fsp3) is 0. The first-order valence-electron chi connectivity index (χ1n) is 5.21. The molecule has 0 saturated heterocycles. The van der Waals surface area contributed by atoms with Crippen LogP contribution in [0.1, 0.15) is 10.4 Å². The highest BCUT2D eigenvalue weighted by atomic mass is 79.9. The van der Waals surface area contributed by atoms with Crippen molar-refractivity contribution in [3.05, 3.63) is 60.5 Å². The van der Waals surface area contributed by atoms with Crippen molar-refractivity contribution in [2.24, 2.45) is 0 Å². The maximum atomic E-state index is 12.0. The number of esters is 1. The van der Waals surface area contributed by atoms with Crippen molar-refractivity contribution in [3.8, 4) is 5.75 Å². The van der Waals surface area contributed by atoms with Crippen molar-refractivity contribution in [2.45, 2.75) is 0 Å². The summed E-state index contributed by atoms with van der Waals surface area (Å²) < 4.78 is 5.93. The molecule has 20 heavy (non-hydrogen) atoms. The average molecular weight is 415 g/mol. The minimum Gasteiger partial charge on any atom is -0.420 e. The van der Waals surface area contributed by atoms with E-state index in [-0.39, 0.29) is 25.8 Å². The van der Waals surface area contributed by atoms with Gasteiger partial charge in [0.15, 0.2) is 5.75 Å². The lowest BCUT2D eigenvalue weighted by molar-refractivity contribution is 0.0735. The molecule has 0 aromatic heterocycles. The second-order valence-electron chi connectivity index (χ2n) is 3.70. The molecule has 0 bridgehead atoms. The second kappa shape index (κ2) is 6.54. The summed E-state index contributed by atoms with van der Waals surface area (Å²) in [5, 5.41) is 0.360. The zero-order valence-electron chi connectivity index (χ0n) is 9.59. The number of ether oxygens (including phenoxy) is 1. The van der Waals surface area contributed by atoms with E-state index in [9.17, 15) is 4.79 Å². The van der Waals surface area contributed by atoms with Gasteiger partial charge in [0.25, 0.3) is 0 Å². The molecule has 0 aliphatic rings. The average Bonchev–Trinajstić information content (AvgIpc) is 2.41. The van der Waals surface area contributed by atoms with Crippen molar-refractivity contribution >= 4 is 68.3 Å². The summed E-state index contributed by atoms with van der Waals surface area (Å²) >= 11 is 26.9. The van der Waals surface area contributed by atoms with Crippen LogP contribution in [-0.4, -0.2) is 5.97 Å². The first-order chi connectivity index (χ1) is 9.40. The van der Waals surface area contributed by atoms with Crippen molar-refractivity contribution in [2.75, 3.05) is 0 Å². The molecule has 7 heteroatoms. The third kappa shape index (κ3) is 3.41. The molecule has 0 atom stereocenters. The van der Waals surface area contributed by atoms with Gasteiger partial charge >= 0.3 is 5.97 Å². The Labute approximate surface area is 143 Å². The lowest BCUT2D eigenvalue weighted by Gasteiger charge is -2.10. The van der Waals surface area contributed by atoms with Crippen LogP contribution < -0.4 is 4.74 Å². The van der Waals surface area contributed by atoms with Crippen LogP contribution in [0, 0.1) is 0 Å². The third-order valence-electron chi connectivity index (χ3n) is 2.33. The molecule has 0 fully saturated rings. The summed E-state index contributed by atoms with van der Waals surface area (Å²) in [6.07, 6.45) is 0. The van der Waals surface area contributed by atoms with Crippen LogP contribution >= 0.6 is 62.3 Å². The van der Waals surface area contributed by atoms with E-state index in [0.717, 1.165) is 4.47 Å². The van der Waals surface area contributed by atoms with Crippen molar-refractivity contribution in [3.63, 3.8) is 0 Å². The molecule has 0 heterocycles. The summed E-state index contributed by atoms with van der Waals surface area (Å²) in [5.41, 5.74) is 0.345. The number of rotatable bonds is 2. The fourth-order valence-electron chi connectivity index (χ4n) is 1.41. The highest BCUT2D eigenvalue weighted by molar-refractivity contribution is 9.10. The Bertz CT molecular complexity index is 688. The summed E-state index contributed by atoms with van der Waals surface area (Å²) in [5.74, 6) is -0.624. The maximum Gasteiger partial charge on any atom is 0.343 e. The lowest BCUT2D eigenvalue weighted by Crippen LogP contribution is -2.09. The molecule has 0 saturated carbocycles. The summed E-state index contributed by atoms with van der Waals surface area (Å²) in [6, 6.07) is 8.07. The van der Waals surface area contributed by atoms with Gasteiger partial charge in [0.1, 0.15) is 5.02 Å². The zero-order valence-corrected chi connectivity index (χ0v) is 14.2. The van der Waals surface area contributed by atoms with Gasteiger partial charge in [-0.3, -0.25) is 0 Å². The van der Waals surface area contributed by atoms with E-state index in [0.29, 0.717) is 5.56 Å². The molecule has 0 aliphatic heterocycles. The predicted octanol–water partition coefficient (Wildman–Crippen LogP) is 6.28. The van der Waals surface area contributed by atoms with Crippen LogP contribution in [0.2, 0.25) is 20.1 Å². The van der Waals surface area contributed by atoms with Gasteiger partial charge in [-0.15, -0.1) is 0 Å². The number of hydrogen-bond acceptors (Lipinski definition) is 2. The Hall–Kier alpha value is -0.450. The number of halogens is 5. The molecule has 0 radical (unpaired) electrons. The van der Waals surface area contributed by atoms with Gasteiger partial charge in [-0.05, 0) is 24.3 Å². The van der Waals surface area contributed by atoms with E-state index in [1.165, 1.54) is 6.07 Å². The number of carbonyl (C=O) groups excluding carboxylic acids is 1. The molecule has 2 nitrogen and oxygen atoms in total. The van der Waals surface area contributed by atoms with Crippen LogP contribution in [0.15, 0.2) is 34.8 Å². The molecular weight excluding hydrogens is 410 g/mol. The molecule has 0 spiro atoms. The van der Waals surface area contributed by atoms with Gasteiger partial charge in [-0.2, -0.15) is 0 Å². The molecule has 2 aromatic rings. The molecule has 2 aromatic carbocycles. The lowest BCUT2D eigenvalue weighted by atomic mass is 10.2. The summed E-state index contributed by atoms with van der Waals surface area (Å²) in [6.45, 7) is 0. The van der Waals surface area contributed by atoms with E-state index in [1.807, 2.05) is 0 Å². The smallest absolute Gasteiger partial charge is 0.343 e. The summed E-state index contributed by atoms with van der Waals surface area (Å²) in [4.78, 5) is 12.0. The normalized spacial score (nSPS) is 10.4. The molecule has 0 unspecified atom stereocenters. The van der Waals surface area contributed by atoms with Gasteiger partial charge in [0.2, 0.25) is 0 Å². The highest BCUT2D eigenvalue weighted by Gasteiger charge is 2.19. The number of hydrogen-bond donors (Lipinski definition) is 0. The van der Waals surface area contributed by atoms with E-state index in [4.69, 9.17) is 51.1 Å². The minimum atomic E-state index is -0.603. The zero-order chi connectivity index (χ0) is 14.9. The van der Waals surface area contributed by atoms with E-state index >= 15 is 0 Å². The monoisotopic (exact) mass is 412 g/mol. The Morgan fingerprint density at radius 3 is 2.35 bits per heavy atom. The molecule has 2 rings (SSSR count). The second-order valence-corrected chi connectivity index (χ2v) is 6.18. The molecule has 104 valence electrons. The fourth-order valence-corrected chi connectivity index (χ4v) is 2.79. The van der Waals surface area contributed by atoms with E-state index in [2.05, 4.69) is 15.9 Å². The van der Waals surface area contributed by atoms with Crippen molar-refractivity contribution in [1.29, 1.82) is 0 Å². The van der Waals surface area contributed by atoms with Gasteiger partial charge in [-0.25, -0.2) is 4.79 Å². The standard InChI is InChI=1S/C13H5BrCl4O2/c14-7-3-1-2-6(4-7)13(19)20-12-9(16)5-8(15)10(17)11(12)18/h1-5H. The Morgan fingerprint density at radius 1 is 1.00 bits per heavy atom. The molecule has 0 amide bonds. The Morgan fingerprint density at radius 2 is 1.70 bits per heavy atom. The van der Waals surface area contributed by atoms with Gasteiger partial charge in [-0.1, -0.05) is 68.4 Å². The number of benzene rings is 2. The highest BCUT2D eigenvalue weighted by Crippen LogP contribution is 2.42. The third-order valence-corrected chi connectivity index (χ3v) is 4.35. The molecule has 0 N–H and O–H groups in total. The summed E-state index contributed by atoms with van der Waals surface area (Å²) in [7, 11) is 0.